The van der Waals surface area contributed by atoms with Crippen molar-refractivity contribution >= 4 is 33.0 Å². The number of nitrogens with zero attached hydrogens (tertiary/aromatic N) is 2. The molecule has 0 bridgehead atoms. The van der Waals surface area contributed by atoms with Crippen LogP contribution in [0.15, 0.2) is 57.4 Å². The number of rotatable bonds is 5. The third-order valence-electron chi connectivity index (χ3n) is 3.17. The topological polar surface area (TPSA) is 63.4 Å². The van der Waals surface area contributed by atoms with Crippen LogP contribution in [0, 0.1) is 0 Å². The average molecular weight is 369 g/mol. The Hall–Kier alpha value is -1.67. The second kappa shape index (κ2) is 6.45. The van der Waals surface area contributed by atoms with Gasteiger partial charge in [-0.25, -0.2) is 13.4 Å². The summed E-state index contributed by atoms with van der Waals surface area (Å²) in [5.41, 5.74) is 0.543. The van der Waals surface area contributed by atoms with E-state index < -0.39 is 10.0 Å². The molecule has 2 aromatic heterocycles. The zero-order chi connectivity index (χ0) is 16.4. The van der Waals surface area contributed by atoms with Crippen molar-refractivity contribution < 1.29 is 12.8 Å². The maximum Gasteiger partial charge on any atom is 0.243 e. The quantitative estimate of drug-likeness (QED) is 0.685. The highest BCUT2D eigenvalue weighted by atomic mass is 35.5. The predicted molar refractivity (Wildman–Crippen MR) is 89.9 cm³/mol. The van der Waals surface area contributed by atoms with Crippen LogP contribution in [0.3, 0.4) is 0 Å². The lowest BCUT2D eigenvalue weighted by molar-refractivity contribution is 0.461. The molecule has 0 aliphatic carbocycles. The van der Waals surface area contributed by atoms with Crippen molar-refractivity contribution in [2.45, 2.75) is 11.4 Å². The van der Waals surface area contributed by atoms with Crippen LogP contribution in [-0.2, 0) is 16.6 Å². The lowest BCUT2D eigenvalue weighted by Gasteiger charge is -2.15. The first-order valence-electron chi connectivity index (χ1n) is 6.67. The van der Waals surface area contributed by atoms with Gasteiger partial charge in [0.25, 0.3) is 0 Å². The Morgan fingerprint density at radius 2 is 2.13 bits per heavy atom. The van der Waals surface area contributed by atoms with E-state index in [0.29, 0.717) is 16.6 Å². The third-order valence-corrected chi connectivity index (χ3v) is 6.06. The molecule has 3 aromatic rings. The Bertz CT molecular complexity index is 904. The van der Waals surface area contributed by atoms with Gasteiger partial charge in [-0.15, -0.1) is 11.3 Å². The molecule has 120 valence electrons. The molecule has 3 rings (SSSR count). The van der Waals surface area contributed by atoms with E-state index in [-0.39, 0.29) is 11.4 Å². The van der Waals surface area contributed by atoms with E-state index in [1.165, 1.54) is 41.1 Å². The summed E-state index contributed by atoms with van der Waals surface area (Å²) in [7, 11) is -2.14. The van der Waals surface area contributed by atoms with Gasteiger partial charge in [0.2, 0.25) is 15.9 Å². The van der Waals surface area contributed by atoms with Crippen molar-refractivity contribution in [3.63, 3.8) is 0 Å². The summed E-state index contributed by atoms with van der Waals surface area (Å²) in [4.78, 5) is 5.38. The van der Waals surface area contributed by atoms with Crippen molar-refractivity contribution in [1.29, 1.82) is 0 Å². The number of aromatic nitrogens is 1. The minimum atomic E-state index is -3.63. The standard InChI is InChI=1S/C15H13ClN2O3S2/c1-18(23(19,20)13-5-2-4-11(16)8-13)9-12-10-21-15(17-12)14-6-3-7-22-14/h2-8,10H,9H2,1H3. The molecule has 23 heavy (non-hydrogen) atoms. The van der Waals surface area contributed by atoms with Gasteiger partial charge in [-0.1, -0.05) is 23.7 Å². The number of oxazole rings is 1. The number of sulfonamides is 1. The lowest BCUT2D eigenvalue weighted by Crippen LogP contribution is -2.26. The summed E-state index contributed by atoms with van der Waals surface area (Å²) >= 11 is 7.38. The van der Waals surface area contributed by atoms with Crippen LogP contribution in [0.25, 0.3) is 10.8 Å². The van der Waals surface area contributed by atoms with Gasteiger partial charge in [-0.3, -0.25) is 0 Å². The maximum atomic E-state index is 12.5. The van der Waals surface area contributed by atoms with E-state index in [0.717, 1.165) is 4.88 Å². The van der Waals surface area contributed by atoms with Crippen LogP contribution >= 0.6 is 22.9 Å². The van der Waals surface area contributed by atoms with Gasteiger partial charge in [0, 0.05) is 12.1 Å². The Morgan fingerprint density at radius 3 is 2.83 bits per heavy atom. The number of hydrogen-bond acceptors (Lipinski definition) is 5. The molecular weight excluding hydrogens is 356 g/mol. The van der Waals surface area contributed by atoms with Crippen LogP contribution in [0.1, 0.15) is 5.69 Å². The first-order chi connectivity index (χ1) is 11.0. The summed E-state index contributed by atoms with van der Waals surface area (Å²) in [6, 6.07) is 9.97. The van der Waals surface area contributed by atoms with E-state index in [4.69, 9.17) is 16.0 Å². The van der Waals surface area contributed by atoms with E-state index in [1.54, 1.807) is 12.1 Å². The summed E-state index contributed by atoms with van der Waals surface area (Å²) in [6.45, 7) is 0.115. The fourth-order valence-electron chi connectivity index (χ4n) is 2.01. The minimum absolute atomic E-state index is 0.115. The number of hydrogen-bond donors (Lipinski definition) is 0. The van der Waals surface area contributed by atoms with Crippen molar-refractivity contribution in [2.75, 3.05) is 7.05 Å². The first-order valence-corrected chi connectivity index (χ1v) is 9.37. The number of thiophene rings is 1. The summed E-state index contributed by atoms with van der Waals surface area (Å²) in [6.07, 6.45) is 1.47. The second-order valence-corrected chi connectivity index (χ2v) is 8.27. The molecule has 5 nitrogen and oxygen atoms in total. The minimum Gasteiger partial charge on any atom is -0.444 e. The molecule has 0 aliphatic heterocycles. The Kier molecular flexibility index (Phi) is 4.54. The molecule has 0 atom stereocenters. The Labute approximate surface area is 143 Å². The van der Waals surface area contributed by atoms with Crippen LogP contribution in [0.2, 0.25) is 5.02 Å². The smallest absolute Gasteiger partial charge is 0.243 e. The van der Waals surface area contributed by atoms with E-state index >= 15 is 0 Å². The van der Waals surface area contributed by atoms with E-state index in [9.17, 15) is 8.42 Å². The molecule has 0 fully saturated rings. The molecule has 0 saturated carbocycles. The normalized spacial score (nSPS) is 12.0. The molecule has 2 heterocycles. The highest BCUT2D eigenvalue weighted by molar-refractivity contribution is 7.89. The fourth-order valence-corrected chi connectivity index (χ4v) is 4.11. The molecule has 1 aromatic carbocycles. The Balaban J connectivity index is 1.80. The number of benzene rings is 1. The molecular formula is C15H13ClN2O3S2. The molecule has 0 N–H and O–H groups in total. The molecule has 0 radical (unpaired) electrons. The van der Waals surface area contributed by atoms with E-state index in [2.05, 4.69) is 4.98 Å². The number of halogens is 1. The van der Waals surface area contributed by atoms with Crippen LogP contribution in [0.5, 0.6) is 0 Å². The molecule has 0 saturated heterocycles. The predicted octanol–water partition coefficient (Wildman–Crippen LogP) is 3.88. The molecule has 8 heteroatoms. The largest absolute Gasteiger partial charge is 0.444 e. The zero-order valence-electron chi connectivity index (χ0n) is 12.1. The van der Waals surface area contributed by atoms with Gasteiger partial charge < -0.3 is 4.42 Å². The summed E-state index contributed by atoms with van der Waals surface area (Å²) < 4.78 is 31.7. The van der Waals surface area contributed by atoms with Crippen LogP contribution < -0.4 is 0 Å². The van der Waals surface area contributed by atoms with Crippen molar-refractivity contribution in [3.8, 4) is 10.8 Å². The Morgan fingerprint density at radius 1 is 1.30 bits per heavy atom. The van der Waals surface area contributed by atoms with E-state index in [1.807, 2.05) is 17.5 Å². The average Bonchev–Trinajstić information content (AvgIpc) is 3.17. The van der Waals surface area contributed by atoms with Gasteiger partial charge in [-0.05, 0) is 29.6 Å². The molecule has 0 aliphatic rings. The van der Waals surface area contributed by atoms with Gasteiger partial charge >= 0.3 is 0 Å². The second-order valence-electron chi connectivity index (χ2n) is 4.84. The molecule has 0 unspecified atom stereocenters. The molecule has 0 amide bonds. The summed E-state index contributed by atoms with van der Waals surface area (Å²) in [5, 5.41) is 2.30. The zero-order valence-corrected chi connectivity index (χ0v) is 14.5. The third kappa shape index (κ3) is 3.48. The highest BCUT2D eigenvalue weighted by Gasteiger charge is 2.22. The van der Waals surface area contributed by atoms with Gasteiger partial charge in [-0.2, -0.15) is 4.31 Å². The molecule has 0 spiro atoms. The van der Waals surface area contributed by atoms with Gasteiger partial charge in [0.05, 0.1) is 22.0 Å². The maximum absolute atomic E-state index is 12.5. The van der Waals surface area contributed by atoms with Gasteiger partial charge in [0.1, 0.15) is 6.26 Å². The monoisotopic (exact) mass is 368 g/mol. The van der Waals surface area contributed by atoms with Gasteiger partial charge in [0.15, 0.2) is 0 Å². The van der Waals surface area contributed by atoms with Crippen LogP contribution in [0.4, 0.5) is 0 Å². The highest BCUT2D eigenvalue weighted by Crippen LogP contribution is 2.25. The lowest BCUT2D eigenvalue weighted by atomic mass is 10.4. The SMILES string of the molecule is CN(Cc1coc(-c2cccs2)n1)S(=O)(=O)c1cccc(Cl)c1. The van der Waals surface area contributed by atoms with Crippen molar-refractivity contribution in [3.05, 3.63) is 58.8 Å². The fraction of sp³-hybridized carbons (Fsp3) is 0.133. The van der Waals surface area contributed by atoms with Crippen LogP contribution in [-0.4, -0.2) is 24.8 Å². The van der Waals surface area contributed by atoms with Crippen molar-refractivity contribution in [2.24, 2.45) is 0 Å². The summed E-state index contributed by atoms with van der Waals surface area (Å²) in [5.74, 6) is 0.489. The first kappa shape index (κ1) is 16.2. The van der Waals surface area contributed by atoms with Crippen molar-refractivity contribution in [1.82, 2.24) is 9.29 Å².